The number of unbranched alkanes of at least 4 members (excludes halogenated alkanes) is 6. The van der Waals surface area contributed by atoms with Gasteiger partial charge in [0.25, 0.3) is 0 Å². The summed E-state index contributed by atoms with van der Waals surface area (Å²) >= 11 is 10.7. The van der Waals surface area contributed by atoms with Gasteiger partial charge in [0.1, 0.15) is 11.5 Å². The normalized spacial score (nSPS) is 11.3. The lowest BCUT2D eigenvalue weighted by atomic mass is 10.0. The monoisotopic (exact) mass is 802 g/mol. The van der Waals surface area contributed by atoms with E-state index in [2.05, 4.69) is 131 Å². The Morgan fingerprint density at radius 2 is 0.917 bits per heavy atom. The molecule has 3 aromatic carbocycles. The number of rotatable bonds is 16. The fourth-order valence-electron chi connectivity index (χ4n) is 5.71. The third-order valence-corrected chi connectivity index (χ3v) is 11.6. The molecule has 0 unspecified atom stereocenters. The minimum atomic E-state index is 0.731. The van der Waals surface area contributed by atoms with E-state index in [1.165, 1.54) is 38.5 Å². The molecule has 4 nitrogen and oxygen atoms in total. The van der Waals surface area contributed by atoms with Crippen molar-refractivity contribution in [3.63, 3.8) is 0 Å². The number of hydrogen-bond acceptors (Lipinski definition) is 6. The summed E-state index contributed by atoms with van der Waals surface area (Å²) in [5.74, 6) is 1.75. The van der Waals surface area contributed by atoms with Crippen LogP contribution in [0, 0.1) is 0 Å². The Kier molecular flexibility index (Phi) is 12.4. The number of benzene rings is 3. The maximum absolute atomic E-state index is 6.09. The van der Waals surface area contributed by atoms with E-state index in [0.717, 1.165) is 99.6 Å². The summed E-state index contributed by atoms with van der Waals surface area (Å²) in [6.07, 6.45) is 9.45. The van der Waals surface area contributed by atoms with Gasteiger partial charge < -0.3 is 9.47 Å². The van der Waals surface area contributed by atoms with Crippen molar-refractivity contribution in [2.75, 3.05) is 13.2 Å². The molecule has 3 aromatic heterocycles. The second-order valence-corrected chi connectivity index (χ2v) is 16.8. The fraction of sp³-hybridized carbons (Fsp3) is 0.300. The SMILES string of the molecule is CCCCCCOc1ccc(-c2nc3c(-c4ccc(Br)s4)ccc(-c4ccc(Br)s4)c3nc2-c2ccc(OCCCCCC)cc2)cc1. The van der Waals surface area contributed by atoms with Crippen molar-refractivity contribution in [3.05, 3.63) is 92.5 Å². The molecule has 6 rings (SSSR count). The molecule has 0 aliphatic heterocycles. The zero-order valence-corrected chi connectivity index (χ0v) is 32.2. The lowest BCUT2D eigenvalue weighted by molar-refractivity contribution is 0.305. The molecule has 0 aliphatic carbocycles. The van der Waals surface area contributed by atoms with E-state index in [1.807, 2.05) is 0 Å². The van der Waals surface area contributed by atoms with Crippen LogP contribution in [0.1, 0.15) is 65.2 Å². The number of thiophene rings is 2. The molecule has 248 valence electrons. The topological polar surface area (TPSA) is 44.2 Å². The number of ether oxygens (including phenoxy) is 2. The highest BCUT2D eigenvalue weighted by atomic mass is 79.9. The van der Waals surface area contributed by atoms with Gasteiger partial charge >= 0.3 is 0 Å². The predicted molar refractivity (Wildman–Crippen MR) is 212 cm³/mol. The number of nitrogens with zero attached hydrogens (tertiary/aromatic N) is 2. The quantitative estimate of drug-likeness (QED) is 0.0914. The van der Waals surface area contributed by atoms with Crippen LogP contribution in [0.3, 0.4) is 0 Å². The van der Waals surface area contributed by atoms with Gasteiger partial charge in [-0.3, -0.25) is 0 Å². The van der Waals surface area contributed by atoms with Crippen molar-refractivity contribution in [3.8, 4) is 54.9 Å². The third-order valence-electron chi connectivity index (χ3n) is 8.29. The van der Waals surface area contributed by atoms with Crippen molar-refractivity contribution in [1.82, 2.24) is 9.97 Å². The molecule has 0 saturated carbocycles. The molecule has 6 aromatic rings. The van der Waals surface area contributed by atoms with Crippen LogP contribution >= 0.6 is 54.5 Å². The highest BCUT2D eigenvalue weighted by Gasteiger charge is 2.20. The zero-order valence-electron chi connectivity index (χ0n) is 27.4. The van der Waals surface area contributed by atoms with Crippen LogP contribution in [0.2, 0.25) is 0 Å². The molecule has 0 spiro atoms. The van der Waals surface area contributed by atoms with Crippen molar-refractivity contribution in [2.45, 2.75) is 65.2 Å². The van der Waals surface area contributed by atoms with E-state index in [1.54, 1.807) is 22.7 Å². The molecule has 48 heavy (non-hydrogen) atoms. The Bertz CT molecular complexity index is 1790. The molecule has 0 radical (unpaired) electrons. The molecular formula is C40H40Br2N2O2S2. The van der Waals surface area contributed by atoms with Gasteiger partial charge in [-0.2, -0.15) is 0 Å². The number of hydrogen-bond donors (Lipinski definition) is 0. The molecule has 0 aliphatic rings. The van der Waals surface area contributed by atoms with Crippen molar-refractivity contribution < 1.29 is 9.47 Å². The summed E-state index contributed by atoms with van der Waals surface area (Å²) in [7, 11) is 0. The Morgan fingerprint density at radius 1 is 0.500 bits per heavy atom. The summed E-state index contributed by atoms with van der Waals surface area (Å²) < 4.78 is 14.3. The minimum Gasteiger partial charge on any atom is -0.494 e. The van der Waals surface area contributed by atoms with Gasteiger partial charge in [0.15, 0.2) is 0 Å². The first-order chi connectivity index (χ1) is 23.5. The lowest BCUT2D eigenvalue weighted by Gasteiger charge is -2.15. The number of fused-ring (bicyclic) bond motifs is 1. The molecule has 0 bridgehead atoms. The molecule has 0 N–H and O–H groups in total. The predicted octanol–water partition coefficient (Wildman–Crippen LogP) is 13.9. The van der Waals surface area contributed by atoms with Crippen LogP contribution in [-0.2, 0) is 0 Å². The average molecular weight is 805 g/mol. The lowest BCUT2D eigenvalue weighted by Crippen LogP contribution is -2.00. The first kappa shape index (κ1) is 34.8. The third kappa shape index (κ3) is 8.57. The average Bonchev–Trinajstić information content (AvgIpc) is 3.75. The molecule has 8 heteroatoms. The van der Waals surface area contributed by atoms with Crippen LogP contribution in [0.25, 0.3) is 54.4 Å². The van der Waals surface area contributed by atoms with Crippen molar-refractivity contribution in [1.29, 1.82) is 0 Å². The Hall–Kier alpha value is -3.04. The van der Waals surface area contributed by atoms with Gasteiger partial charge in [0, 0.05) is 32.0 Å². The first-order valence-electron chi connectivity index (χ1n) is 16.9. The maximum Gasteiger partial charge on any atom is 0.119 e. The fourth-order valence-corrected chi connectivity index (χ4v) is 8.53. The number of aromatic nitrogens is 2. The zero-order chi connectivity index (χ0) is 33.3. The summed E-state index contributed by atoms with van der Waals surface area (Å²) in [5.41, 5.74) is 7.58. The van der Waals surface area contributed by atoms with Gasteiger partial charge in [0.05, 0.1) is 43.2 Å². The van der Waals surface area contributed by atoms with E-state index >= 15 is 0 Å². The molecule has 0 saturated heterocycles. The van der Waals surface area contributed by atoms with Gasteiger partial charge in [0.2, 0.25) is 0 Å². The minimum absolute atomic E-state index is 0.731. The molecule has 0 amide bonds. The van der Waals surface area contributed by atoms with E-state index < -0.39 is 0 Å². The second-order valence-electron chi connectivity index (χ2n) is 11.9. The van der Waals surface area contributed by atoms with Crippen molar-refractivity contribution >= 4 is 65.6 Å². The second kappa shape index (κ2) is 17.1. The van der Waals surface area contributed by atoms with Crippen LogP contribution in [0.5, 0.6) is 11.5 Å². The van der Waals surface area contributed by atoms with E-state index in [9.17, 15) is 0 Å². The summed E-state index contributed by atoms with van der Waals surface area (Å²) in [6, 6.07) is 29.5. The molecule has 0 fully saturated rings. The molecule has 3 heterocycles. The summed E-state index contributed by atoms with van der Waals surface area (Å²) in [4.78, 5) is 13.2. The maximum atomic E-state index is 6.09. The Morgan fingerprint density at radius 3 is 1.27 bits per heavy atom. The smallest absolute Gasteiger partial charge is 0.119 e. The van der Waals surface area contributed by atoms with E-state index in [-0.39, 0.29) is 0 Å². The van der Waals surface area contributed by atoms with Gasteiger partial charge in [-0.1, -0.05) is 64.5 Å². The molecular weight excluding hydrogens is 764 g/mol. The summed E-state index contributed by atoms with van der Waals surface area (Å²) in [6.45, 7) is 5.92. The number of halogens is 2. The largest absolute Gasteiger partial charge is 0.494 e. The van der Waals surface area contributed by atoms with Crippen LogP contribution in [-0.4, -0.2) is 23.2 Å². The summed E-state index contributed by atoms with van der Waals surface area (Å²) in [5, 5.41) is 0. The van der Waals surface area contributed by atoms with Gasteiger partial charge in [-0.05, 0) is 117 Å². The first-order valence-corrected chi connectivity index (χ1v) is 20.1. The van der Waals surface area contributed by atoms with E-state index in [0.29, 0.717) is 0 Å². The van der Waals surface area contributed by atoms with Gasteiger partial charge in [-0.25, -0.2) is 9.97 Å². The van der Waals surface area contributed by atoms with Crippen LogP contribution in [0.15, 0.2) is 92.5 Å². The van der Waals surface area contributed by atoms with Crippen LogP contribution < -0.4 is 9.47 Å². The Balaban J connectivity index is 1.44. The standard InChI is InChI=1S/C40H40Br2N2O2S2/c1-3-5-7-9-25-45-29-15-11-27(12-16-29)37-38(28-13-17-30(18-14-28)46-26-10-8-6-4-2)44-40-32(34-22-24-36(42)48-34)20-19-31(39(40)43-37)33-21-23-35(41)47-33/h11-24H,3-10,25-26H2,1-2H3. The highest BCUT2D eigenvalue weighted by molar-refractivity contribution is 9.11. The van der Waals surface area contributed by atoms with Crippen molar-refractivity contribution in [2.24, 2.45) is 0 Å². The molecule has 0 atom stereocenters. The highest BCUT2D eigenvalue weighted by Crippen LogP contribution is 2.43. The van der Waals surface area contributed by atoms with E-state index in [4.69, 9.17) is 19.4 Å². The van der Waals surface area contributed by atoms with Crippen LogP contribution in [0.4, 0.5) is 0 Å². The Labute approximate surface area is 308 Å². The van der Waals surface area contributed by atoms with Gasteiger partial charge in [-0.15, -0.1) is 22.7 Å².